The quantitative estimate of drug-likeness (QED) is 0.373. The Labute approximate surface area is 129 Å². The molecule has 22 heavy (non-hydrogen) atoms. The van der Waals surface area contributed by atoms with E-state index < -0.39 is 6.16 Å². The van der Waals surface area contributed by atoms with Crippen molar-refractivity contribution < 1.29 is 14.3 Å². The van der Waals surface area contributed by atoms with Gasteiger partial charge in [-0.15, -0.1) is 0 Å². The first-order valence-electron chi connectivity index (χ1n) is 7.37. The van der Waals surface area contributed by atoms with Crippen LogP contribution in [0.15, 0.2) is 42.5 Å². The average Bonchev–Trinajstić information content (AvgIpc) is 2.48. The zero-order valence-electron chi connectivity index (χ0n) is 13.0. The highest BCUT2D eigenvalue weighted by Gasteiger charge is 2.15. The molecule has 3 aromatic carbocycles. The second-order valence-electron chi connectivity index (χ2n) is 5.39. The Morgan fingerprint density at radius 1 is 1.05 bits per heavy atom. The van der Waals surface area contributed by atoms with Crippen LogP contribution in [0.3, 0.4) is 0 Å². The summed E-state index contributed by atoms with van der Waals surface area (Å²) in [5.74, 6) is 0.577. The Morgan fingerprint density at radius 3 is 2.64 bits per heavy atom. The third-order valence-corrected chi connectivity index (χ3v) is 3.74. The van der Waals surface area contributed by atoms with Gasteiger partial charge >= 0.3 is 6.16 Å². The molecule has 0 aliphatic heterocycles. The average molecular weight is 294 g/mol. The smallest absolute Gasteiger partial charge is 0.434 e. The largest absolute Gasteiger partial charge is 0.513 e. The van der Waals surface area contributed by atoms with E-state index in [-0.39, 0.29) is 0 Å². The molecule has 0 saturated heterocycles. The lowest BCUT2D eigenvalue weighted by Gasteiger charge is -2.13. The van der Waals surface area contributed by atoms with Gasteiger partial charge in [0.2, 0.25) is 0 Å². The molecule has 0 heterocycles. The molecule has 0 N–H and O–H groups in total. The summed E-state index contributed by atoms with van der Waals surface area (Å²) in [7, 11) is 0. The molecular formula is C19H18O3. The first kappa shape index (κ1) is 14.4. The predicted octanol–water partition coefficient (Wildman–Crippen LogP) is 5.15. The number of hydrogen-bond donors (Lipinski definition) is 0. The monoisotopic (exact) mass is 294 g/mol. The van der Waals surface area contributed by atoms with E-state index in [1.165, 1.54) is 0 Å². The Hall–Kier alpha value is -2.55. The lowest BCUT2D eigenvalue weighted by molar-refractivity contribution is 0.105. The van der Waals surface area contributed by atoms with E-state index >= 15 is 0 Å². The lowest BCUT2D eigenvalue weighted by Crippen LogP contribution is -2.10. The summed E-state index contributed by atoms with van der Waals surface area (Å²) in [5, 5.41) is 3.97. The third kappa shape index (κ3) is 2.50. The summed E-state index contributed by atoms with van der Waals surface area (Å²) in [4.78, 5) is 11.9. The van der Waals surface area contributed by atoms with Crippen LogP contribution >= 0.6 is 0 Å². The molecule has 3 rings (SSSR count). The molecule has 0 amide bonds. The van der Waals surface area contributed by atoms with E-state index in [0.717, 1.165) is 32.7 Å². The number of fused-ring (bicyclic) bond motifs is 2. The van der Waals surface area contributed by atoms with Crippen LogP contribution in [-0.4, -0.2) is 12.8 Å². The Bertz CT molecular complexity index is 865. The second kappa shape index (κ2) is 5.68. The maximum atomic E-state index is 11.9. The number of carbonyl (C=O) groups excluding carboxylic acids is 1. The molecule has 0 unspecified atom stereocenters. The molecule has 3 aromatic rings. The number of rotatable bonds is 2. The highest BCUT2D eigenvalue weighted by molar-refractivity contribution is 6.07. The fourth-order valence-corrected chi connectivity index (χ4v) is 2.75. The summed E-state index contributed by atoms with van der Waals surface area (Å²) in [6.07, 6.45) is -0.666. The van der Waals surface area contributed by atoms with Gasteiger partial charge in [-0.3, -0.25) is 0 Å². The maximum absolute atomic E-state index is 11.9. The van der Waals surface area contributed by atoms with Gasteiger partial charge in [0, 0.05) is 10.8 Å². The van der Waals surface area contributed by atoms with Gasteiger partial charge < -0.3 is 9.47 Å². The van der Waals surface area contributed by atoms with Crippen molar-refractivity contribution in [3.8, 4) is 5.75 Å². The zero-order valence-corrected chi connectivity index (χ0v) is 13.0. The molecule has 0 radical (unpaired) electrons. The highest BCUT2D eigenvalue weighted by Crippen LogP contribution is 2.37. The van der Waals surface area contributed by atoms with Crippen LogP contribution in [0.1, 0.15) is 18.1 Å². The van der Waals surface area contributed by atoms with Gasteiger partial charge in [-0.05, 0) is 49.2 Å². The second-order valence-corrected chi connectivity index (χ2v) is 5.39. The summed E-state index contributed by atoms with van der Waals surface area (Å²) in [5.41, 5.74) is 2.19. The van der Waals surface area contributed by atoms with Gasteiger partial charge in [0.05, 0.1) is 6.61 Å². The van der Waals surface area contributed by atoms with E-state index in [2.05, 4.69) is 12.1 Å². The molecule has 3 nitrogen and oxygen atoms in total. The van der Waals surface area contributed by atoms with Gasteiger partial charge in [0.1, 0.15) is 5.75 Å². The summed E-state index contributed by atoms with van der Waals surface area (Å²) in [6.45, 7) is 6.09. The molecule has 112 valence electrons. The standard InChI is InChI=1S/C19H18O3/c1-4-21-19(20)22-18-16-10-12(2)8-9-14(16)11-15-7-5-6-13(3)17(15)18/h5-11H,4H2,1-3H3. The summed E-state index contributed by atoms with van der Waals surface area (Å²) < 4.78 is 10.5. The van der Waals surface area contributed by atoms with Crippen molar-refractivity contribution in [2.75, 3.05) is 6.61 Å². The predicted molar refractivity (Wildman–Crippen MR) is 88.6 cm³/mol. The third-order valence-electron chi connectivity index (χ3n) is 3.74. The molecule has 3 heteroatoms. The zero-order chi connectivity index (χ0) is 15.7. The minimum atomic E-state index is -0.666. The van der Waals surface area contributed by atoms with E-state index in [1.54, 1.807) is 6.92 Å². The fourth-order valence-electron chi connectivity index (χ4n) is 2.75. The Balaban J connectivity index is 2.34. The van der Waals surface area contributed by atoms with Crippen LogP contribution in [0, 0.1) is 13.8 Å². The van der Waals surface area contributed by atoms with Crippen LogP contribution in [-0.2, 0) is 4.74 Å². The molecular weight excluding hydrogens is 276 g/mol. The van der Waals surface area contributed by atoms with Gasteiger partial charge in [0.15, 0.2) is 0 Å². The van der Waals surface area contributed by atoms with Crippen LogP contribution in [0.25, 0.3) is 21.5 Å². The Morgan fingerprint density at radius 2 is 1.86 bits per heavy atom. The molecule has 0 spiro atoms. The molecule has 0 fully saturated rings. The first-order valence-corrected chi connectivity index (χ1v) is 7.37. The van der Waals surface area contributed by atoms with E-state index in [0.29, 0.717) is 12.4 Å². The number of hydrogen-bond acceptors (Lipinski definition) is 3. The van der Waals surface area contributed by atoms with Gasteiger partial charge in [-0.25, -0.2) is 4.79 Å². The lowest BCUT2D eigenvalue weighted by atomic mass is 9.98. The van der Waals surface area contributed by atoms with Crippen molar-refractivity contribution in [3.63, 3.8) is 0 Å². The summed E-state index contributed by atoms with van der Waals surface area (Å²) in [6, 6.07) is 14.3. The molecule has 0 atom stereocenters. The van der Waals surface area contributed by atoms with Crippen molar-refractivity contribution in [1.82, 2.24) is 0 Å². The van der Waals surface area contributed by atoms with Crippen LogP contribution in [0.2, 0.25) is 0 Å². The highest BCUT2D eigenvalue weighted by atomic mass is 16.7. The van der Waals surface area contributed by atoms with Crippen molar-refractivity contribution in [1.29, 1.82) is 0 Å². The SMILES string of the molecule is CCOC(=O)Oc1c2cc(C)ccc2cc2cccc(C)c12. The Kier molecular flexibility index (Phi) is 3.72. The minimum absolute atomic E-state index is 0.291. The van der Waals surface area contributed by atoms with Crippen molar-refractivity contribution in [3.05, 3.63) is 53.6 Å². The van der Waals surface area contributed by atoms with Crippen LogP contribution in [0.4, 0.5) is 4.79 Å². The molecule has 0 aromatic heterocycles. The maximum Gasteiger partial charge on any atom is 0.513 e. The minimum Gasteiger partial charge on any atom is -0.434 e. The molecule has 0 bridgehead atoms. The van der Waals surface area contributed by atoms with E-state index in [1.807, 2.05) is 44.2 Å². The topological polar surface area (TPSA) is 35.5 Å². The van der Waals surface area contributed by atoms with Crippen molar-refractivity contribution in [2.45, 2.75) is 20.8 Å². The van der Waals surface area contributed by atoms with Gasteiger partial charge in [-0.2, -0.15) is 0 Å². The van der Waals surface area contributed by atoms with Gasteiger partial charge in [-0.1, -0.05) is 35.9 Å². The van der Waals surface area contributed by atoms with E-state index in [9.17, 15) is 4.79 Å². The van der Waals surface area contributed by atoms with Crippen molar-refractivity contribution in [2.24, 2.45) is 0 Å². The van der Waals surface area contributed by atoms with Gasteiger partial charge in [0.25, 0.3) is 0 Å². The molecule has 0 aliphatic carbocycles. The number of ether oxygens (including phenoxy) is 2. The molecule has 0 saturated carbocycles. The summed E-state index contributed by atoms with van der Waals surface area (Å²) >= 11 is 0. The number of carbonyl (C=O) groups is 1. The number of benzene rings is 3. The van der Waals surface area contributed by atoms with Crippen LogP contribution in [0.5, 0.6) is 5.75 Å². The molecule has 0 aliphatic rings. The van der Waals surface area contributed by atoms with E-state index in [4.69, 9.17) is 9.47 Å². The number of aryl methyl sites for hydroxylation is 2. The van der Waals surface area contributed by atoms with Crippen molar-refractivity contribution >= 4 is 27.7 Å². The fraction of sp³-hybridized carbons (Fsp3) is 0.211. The van der Waals surface area contributed by atoms with Crippen LogP contribution < -0.4 is 4.74 Å². The first-order chi connectivity index (χ1) is 10.6. The normalized spacial score (nSPS) is 10.9.